The number of piperidine rings is 2. The number of rotatable bonds is 4. The highest BCUT2D eigenvalue weighted by Crippen LogP contribution is 2.44. The molecule has 0 aliphatic carbocycles. The van der Waals surface area contributed by atoms with E-state index in [-0.39, 0.29) is 35.4 Å². The van der Waals surface area contributed by atoms with E-state index < -0.39 is 5.41 Å². The number of aliphatic hydroxyl groups excluding tert-OH is 1. The lowest BCUT2D eigenvalue weighted by molar-refractivity contribution is -0.151. The maximum atomic E-state index is 13.0. The van der Waals surface area contributed by atoms with Crippen molar-refractivity contribution in [2.45, 2.75) is 44.3 Å². The third-order valence-corrected chi connectivity index (χ3v) is 6.79. The number of benzene rings is 1. The summed E-state index contributed by atoms with van der Waals surface area (Å²) in [4.78, 5) is 29.6. The van der Waals surface area contributed by atoms with E-state index in [9.17, 15) is 19.8 Å². The molecule has 0 saturated carbocycles. The largest absolute Gasteiger partial charge is 0.507 e. The number of aromatic hydroxyl groups is 1. The molecule has 0 aromatic heterocycles. The number of phenols is 1. The summed E-state index contributed by atoms with van der Waals surface area (Å²) in [6.07, 6.45) is 2.96. The Morgan fingerprint density at radius 2 is 1.93 bits per heavy atom. The molecule has 3 heterocycles. The van der Waals surface area contributed by atoms with Gasteiger partial charge >= 0.3 is 5.97 Å². The van der Waals surface area contributed by atoms with Gasteiger partial charge in [0.15, 0.2) is 0 Å². The monoisotopic (exact) mass is 418 g/mol. The van der Waals surface area contributed by atoms with E-state index in [1.165, 1.54) is 13.2 Å². The van der Waals surface area contributed by atoms with Gasteiger partial charge in [0.05, 0.1) is 18.6 Å². The van der Waals surface area contributed by atoms with Crippen LogP contribution in [-0.4, -0.2) is 83.9 Å². The molecule has 30 heavy (non-hydrogen) atoms. The summed E-state index contributed by atoms with van der Waals surface area (Å²) < 4.78 is 11.0. The van der Waals surface area contributed by atoms with Crippen molar-refractivity contribution in [3.8, 4) is 11.5 Å². The van der Waals surface area contributed by atoms with Crippen molar-refractivity contribution >= 4 is 11.9 Å². The Labute approximate surface area is 176 Å². The van der Waals surface area contributed by atoms with E-state index in [1.807, 2.05) is 0 Å². The highest BCUT2D eigenvalue weighted by Gasteiger charge is 2.51. The van der Waals surface area contributed by atoms with Crippen molar-refractivity contribution in [2.24, 2.45) is 5.41 Å². The summed E-state index contributed by atoms with van der Waals surface area (Å²) in [5, 5.41) is 19.8. The van der Waals surface area contributed by atoms with Crippen LogP contribution in [0.15, 0.2) is 18.2 Å². The molecular formula is C22H30N2O6. The highest BCUT2D eigenvalue weighted by molar-refractivity contribution is 5.99. The van der Waals surface area contributed by atoms with Gasteiger partial charge in [-0.2, -0.15) is 0 Å². The number of cyclic esters (lactones) is 1. The van der Waals surface area contributed by atoms with Crippen molar-refractivity contribution in [1.82, 2.24) is 9.80 Å². The minimum absolute atomic E-state index is 0.105. The van der Waals surface area contributed by atoms with Crippen LogP contribution >= 0.6 is 0 Å². The van der Waals surface area contributed by atoms with E-state index in [0.717, 1.165) is 25.9 Å². The van der Waals surface area contributed by atoms with Gasteiger partial charge in [0.2, 0.25) is 0 Å². The van der Waals surface area contributed by atoms with E-state index in [2.05, 4.69) is 4.90 Å². The summed E-state index contributed by atoms with van der Waals surface area (Å²) in [7, 11) is 1.47. The van der Waals surface area contributed by atoms with Crippen LogP contribution in [0.2, 0.25) is 0 Å². The molecule has 8 nitrogen and oxygen atoms in total. The van der Waals surface area contributed by atoms with E-state index in [1.54, 1.807) is 17.0 Å². The maximum Gasteiger partial charge on any atom is 0.312 e. The Kier molecular flexibility index (Phi) is 5.88. The first-order valence-electron chi connectivity index (χ1n) is 10.7. The van der Waals surface area contributed by atoms with Gasteiger partial charge in [-0.3, -0.25) is 14.5 Å². The predicted molar refractivity (Wildman–Crippen MR) is 108 cm³/mol. The molecule has 1 amide bonds. The molecule has 3 fully saturated rings. The number of phenolic OH excluding ortho intramolecular Hbond substituents is 1. The Bertz CT molecular complexity index is 797. The highest BCUT2D eigenvalue weighted by atomic mass is 16.6. The minimum Gasteiger partial charge on any atom is -0.507 e. The summed E-state index contributed by atoms with van der Waals surface area (Å²) in [6.45, 7) is 3.24. The van der Waals surface area contributed by atoms with Gasteiger partial charge in [-0.1, -0.05) is 6.07 Å². The molecule has 2 N–H and O–H groups in total. The standard InChI is InChI=1S/C22H30N2O6/c1-29-18-4-2-3-17(26)19(18)20(27)24-11-7-22(8-12-24)13-16(30-21(22)28)14-23-9-5-15(25)6-10-23/h2-4,15-16,25-26H,5-14H2,1H3. The topological polar surface area (TPSA) is 99.5 Å². The van der Waals surface area contributed by atoms with Gasteiger partial charge in [-0.05, 0) is 37.8 Å². The zero-order chi connectivity index (χ0) is 21.3. The average molecular weight is 418 g/mol. The molecule has 0 bridgehead atoms. The Morgan fingerprint density at radius 1 is 1.23 bits per heavy atom. The lowest BCUT2D eigenvalue weighted by Crippen LogP contribution is -2.45. The third kappa shape index (κ3) is 3.98. The molecule has 1 aromatic rings. The second-order valence-electron chi connectivity index (χ2n) is 8.69. The molecule has 1 atom stereocenters. The quantitative estimate of drug-likeness (QED) is 0.713. The summed E-state index contributed by atoms with van der Waals surface area (Å²) in [5.74, 6) is -0.203. The van der Waals surface area contributed by atoms with E-state index in [4.69, 9.17) is 9.47 Å². The zero-order valence-electron chi connectivity index (χ0n) is 17.4. The van der Waals surface area contributed by atoms with Gasteiger partial charge in [0.1, 0.15) is 23.2 Å². The molecule has 3 saturated heterocycles. The van der Waals surface area contributed by atoms with Crippen molar-refractivity contribution in [3.63, 3.8) is 0 Å². The number of aliphatic hydroxyl groups is 1. The summed E-state index contributed by atoms with van der Waals surface area (Å²) in [5.41, 5.74) is -0.366. The second kappa shape index (κ2) is 8.43. The zero-order valence-corrected chi connectivity index (χ0v) is 17.4. The van der Waals surface area contributed by atoms with E-state index >= 15 is 0 Å². The number of carbonyl (C=O) groups excluding carboxylic acids is 2. The number of ether oxygens (including phenoxy) is 2. The van der Waals surface area contributed by atoms with Gasteiger partial charge in [0, 0.05) is 39.1 Å². The lowest BCUT2D eigenvalue weighted by Gasteiger charge is -2.37. The molecule has 3 aliphatic heterocycles. The smallest absolute Gasteiger partial charge is 0.312 e. The molecular weight excluding hydrogens is 388 g/mol. The summed E-state index contributed by atoms with van der Waals surface area (Å²) >= 11 is 0. The van der Waals surface area contributed by atoms with Crippen molar-refractivity contribution in [3.05, 3.63) is 23.8 Å². The SMILES string of the molecule is COc1cccc(O)c1C(=O)N1CCC2(CC1)CC(CN1CCC(O)CC1)OC2=O. The molecule has 0 radical (unpaired) electrons. The lowest BCUT2D eigenvalue weighted by atomic mass is 9.76. The Hall–Kier alpha value is -2.32. The van der Waals surface area contributed by atoms with Gasteiger partial charge < -0.3 is 24.6 Å². The number of esters is 1. The molecule has 1 spiro atoms. The molecule has 3 aliphatic rings. The summed E-state index contributed by atoms with van der Waals surface area (Å²) in [6, 6.07) is 4.75. The Morgan fingerprint density at radius 3 is 2.60 bits per heavy atom. The van der Waals surface area contributed by atoms with E-state index in [0.29, 0.717) is 44.6 Å². The molecule has 164 valence electrons. The molecule has 8 heteroatoms. The van der Waals surface area contributed by atoms with Crippen LogP contribution in [0.1, 0.15) is 42.5 Å². The van der Waals surface area contributed by atoms with Crippen LogP contribution in [0.4, 0.5) is 0 Å². The first-order chi connectivity index (χ1) is 14.4. The molecule has 4 rings (SSSR count). The van der Waals surface area contributed by atoms with Crippen LogP contribution < -0.4 is 4.74 Å². The molecule has 1 aromatic carbocycles. The van der Waals surface area contributed by atoms with Gasteiger partial charge in [-0.25, -0.2) is 0 Å². The fraction of sp³-hybridized carbons (Fsp3) is 0.636. The van der Waals surface area contributed by atoms with Gasteiger partial charge in [-0.15, -0.1) is 0 Å². The Balaban J connectivity index is 1.37. The van der Waals surface area contributed by atoms with Crippen molar-refractivity contribution in [2.75, 3.05) is 39.8 Å². The third-order valence-electron chi connectivity index (χ3n) is 6.79. The number of carbonyl (C=O) groups is 2. The predicted octanol–water partition coefficient (Wildman–Crippen LogP) is 1.40. The van der Waals surface area contributed by atoms with Crippen LogP contribution in [0, 0.1) is 5.41 Å². The number of likely N-dealkylation sites (tertiary alicyclic amines) is 2. The number of hydrogen-bond acceptors (Lipinski definition) is 7. The number of amides is 1. The van der Waals surface area contributed by atoms with Crippen LogP contribution in [0.5, 0.6) is 11.5 Å². The first-order valence-corrected chi connectivity index (χ1v) is 10.7. The minimum atomic E-state index is -0.528. The number of hydrogen-bond donors (Lipinski definition) is 2. The van der Waals surface area contributed by atoms with Gasteiger partial charge in [0.25, 0.3) is 5.91 Å². The fourth-order valence-corrected chi connectivity index (χ4v) is 4.94. The van der Waals surface area contributed by atoms with Crippen molar-refractivity contribution in [1.29, 1.82) is 0 Å². The van der Waals surface area contributed by atoms with Crippen LogP contribution in [0.3, 0.4) is 0 Å². The fourth-order valence-electron chi connectivity index (χ4n) is 4.94. The van der Waals surface area contributed by atoms with Crippen LogP contribution in [0.25, 0.3) is 0 Å². The normalized spacial score (nSPS) is 24.8. The van der Waals surface area contributed by atoms with Crippen molar-refractivity contribution < 1.29 is 29.3 Å². The first kappa shape index (κ1) is 20.9. The second-order valence-corrected chi connectivity index (χ2v) is 8.69. The number of nitrogens with zero attached hydrogens (tertiary/aromatic N) is 2. The number of methoxy groups -OCH3 is 1. The maximum absolute atomic E-state index is 13.0. The van der Waals surface area contributed by atoms with Crippen LogP contribution in [-0.2, 0) is 9.53 Å². The average Bonchev–Trinajstić information content (AvgIpc) is 3.03. The molecule has 1 unspecified atom stereocenters.